The molecule has 0 saturated carbocycles. The van der Waals surface area contributed by atoms with Gasteiger partial charge in [0.25, 0.3) is 5.84 Å². The molecular formula is C14H15BrF2N2O4S. The van der Waals surface area contributed by atoms with Gasteiger partial charge in [0.15, 0.2) is 0 Å². The number of amidine groups is 1. The maximum Gasteiger partial charge on any atom is 0.502 e. The van der Waals surface area contributed by atoms with Gasteiger partial charge in [0.2, 0.25) is 5.54 Å². The van der Waals surface area contributed by atoms with Crippen molar-refractivity contribution in [2.45, 2.75) is 36.2 Å². The van der Waals surface area contributed by atoms with E-state index in [1.165, 1.54) is 26.0 Å². The molecule has 0 radical (unpaired) electrons. The van der Waals surface area contributed by atoms with Gasteiger partial charge in [-0.25, -0.2) is 4.39 Å². The number of amides is 1. The smallest absolute Gasteiger partial charge is 0.502 e. The Labute approximate surface area is 149 Å². The fourth-order valence-electron chi connectivity index (χ4n) is 2.53. The average Bonchev–Trinajstić information content (AvgIpc) is 2.43. The lowest BCUT2D eigenvalue weighted by molar-refractivity contribution is -0.588. The summed E-state index contributed by atoms with van der Waals surface area (Å²) in [5.74, 6) is -1.32. The first-order valence-corrected chi connectivity index (χ1v) is 8.35. The third-order valence-electron chi connectivity index (χ3n) is 3.85. The molecule has 1 aliphatic rings. The second-order valence-corrected chi connectivity index (χ2v) is 8.62. The molecule has 1 aliphatic heterocycles. The summed E-state index contributed by atoms with van der Waals surface area (Å²) in [6.07, 6.45) is -1.53. The van der Waals surface area contributed by atoms with Gasteiger partial charge < -0.3 is 15.4 Å². The summed E-state index contributed by atoms with van der Waals surface area (Å²) in [5.41, 5.74) is -2.83. The van der Waals surface area contributed by atoms with Crippen LogP contribution >= 0.6 is 27.7 Å². The standard InChI is InChI=1S/C14H15BrF2N2O4S/c1-12(2)10(18-11(20)21)19(23)13(3,14(17,22)24-12)8-6-7(15)4-5-9(8)16/h4-6,18,22H,1-3H3,(H,20,21)/t13-,14-/m1/s1. The molecule has 2 atom stereocenters. The summed E-state index contributed by atoms with van der Waals surface area (Å²) in [4.78, 5) is 11.0. The Kier molecular flexibility index (Phi) is 4.62. The Morgan fingerprint density at radius 1 is 1.42 bits per heavy atom. The predicted molar refractivity (Wildman–Crippen MR) is 89.0 cm³/mol. The number of nitrogens with zero attached hydrogens (tertiary/aromatic N) is 1. The van der Waals surface area contributed by atoms with E-state index in [4.69, 9.17) is 5.11 Å². The predicted octanol–water partition coefficient (Wildman–Crippen LogP) is 3.12. The third-order valence-corrected chi connectivity index (χ3v) is 5.71. The number of hydroxylamine groups is 1. The van der Waals surface area contributed by atoms with Crippen LogP contribution in [0.1, 0.15) is 26.3 Å². The van der Waals surface area contributed by atoms with Crippen molar-refractivity contribution in [2.24, 2.45) is 0 Å². The van der Waals surface area contributed by atoms with Gasteiger partial charge in [0.1, 0.15) is 10.6 Å². The summed E-state index contributed by atoms with van der Waals surface area (Å²) >= 11 is 3.43. The van der Waals surface area contributed by atoms with Gasteiger partial charge in [-0.05, 0) is 39.0 Å². The molecule has 1 amide bonds. The molecule has 1 aromatic carbocycles. The number of carbonyl (C=O) groups is 1. The Morgan fingerprint density at radius 3 is 2.54 bits per heavy atom. The number of alkyl halides is 1. The molecule has 0 aromatic heterocycles. The van der Waals surface area contributed by atoms with E-state index >= 15 is 4.39 Å². The fourth-order valence-corrected chi connectivity index (χ4v) is 4.19. The second-order valence-electron chi connectivity index (χ2n) is 5.94. The largest absolute Gasteiger partial charge is 0.714 e. The van der Waals surface area contributed by atoms with Crippen LogP contribution < -0.4 is 5.32 Å². The van der Waals surface area contributed by atoms with Crippen LogP contribution in [0.15, 0.2) is 22.7 Å². The van der Waals surface area contributed by atoms with Gasteiger partial charge in [0.05, 0.1) is 0 Å². The van der Waals surface area contributed by atoms with Crippen molar-refractivity contribution in [1.29, 1.82) is 0 Å². The number of rotatable bonds is 1. The van der Waals surface area contributed by atoms with E-state index in [1.54, 1.807) is 0 Å². The molecule has 3 N–H and O–H groups in total. The van der Waals surface area contributed by atoms with E-state index in [9.17, 15) is 19.5 Å². The van der Waals surface area contributed by atoms with Gasteiger partial charge >= 0.3 is 11.3 Å². The number of halogens is 3. The second kappa shape index (κ2) is 5.85. The van der Waals surface area contributed by atoms with Gasteiger partial charge in [-0.1, -0.05) is 27.7 Å². The zero-order valence-corrected chi connectivity index (χ0v) is 15.3. The average molecular weight is 425 g/mol. The van der Waals surface area contributed by atoms with Gasteiger partial charge in [-0.15, -0.1) is 0 Å². The maximum absolute atomic E-state index is 15.1. The lowest BCUT2D eigenvalue weighted by atomic mass is 9.90. The van der Waals surface area contributed by atoms with Crippen LogP contribution in [0, 0.1) is 11.0 Å². The van der Waals surface area contributed by atoms with Crippen LogP contribution in [0.4, 0.5) is 13.6 Å². The number of benzene rings is 1. The molecular weight excluding hydrogens is 410 g/mol. The van der Waals surface area contributed by atoms with E-state index in [0.717, 1.165) is 13.0 Å². The summed E-state index contributed by atoms with van der Waals surface area (Å²) in [7, 11) is 0. The molecule has 0 bridgehead atoms. The van der Waals surface area contributed by atoms with Crippen molar-refractivity contribution >= 4 is 39.6 Å². The number of thioether (sulfide) groups is 1. The van der Waals surface area contributed by atoms with Gasteiger partial charge in [-0.3, -0.25) is 4.74 Å². The topological polar surface area (TPSA) is 95.6 Å². The highest BCUT2D eigenvalue weighted by Gasteiger charge is 2.64. The summed E-state index contributed by atoms with van der Waals surface area (Å²) < 4.78 is 28.3. The minimum absolute atomic E-state index is 0.0114. The van der Waals surface area contributed by atoms with Crippen molar-refractivity contribution in [2.75, 3.05) is 0 Å². The van der Waals surface area contributed by atoms with Crippen molar-refractivity contribution < 1.29 is 28.5 Å². The fraction of sp³-hybridized carbons (Fsp3) is 0.429. The van der Waals surface area contributed by atoms with E-state index < -0.39 is 38.8 Å². The van der Waals surface area contributed by atoms with Crippen molar-refractivity contribution in [3.8, 4) is 0 Å². The minimum Gasteiger partial charge on any atom is -0.714 e. The highest BCUT2D eigenvalue weighted by molar-refractivity contribution is 9.10. The van der Waals surface area contributed by atoms with Crippen LogP contribution in [0.2, 0.25) is 0 Å². The molecule has 2 rings (SSSR count). The van der Waals surface area contributed by atoms with Crippen LogP contribution in [0.25, 0.3) is 0 Å². The molecule has 132 valence electrons. The first-order valence-electron chi connectivity index (χ1n) is 6.74. The number of carboxylic acid groups (broad SMARTS) is 1. The molecule has 0 fully saturated rings. The van der Waals surface area contributed by atoms with Crippen LogP contribution in [0.5, 0.6) is 0 Å². The van der Waals surface area contributed by atoms with E-state index in [2.05, 4.69) is 15.9 Å². The Hall–Kier alpha value is -1.39. The molecule has 0 unspecified atom stereocenters. The van der Waals surface area contributed by atoms with E-state index in [1.807, 2.05) is 5.32 Å². The van der Waals surface area contributed by atoms with Gasteiger partial charge in [-0.2, -0.15) is 14.5 Å². The third kappa shape index (κ3) is 2.86. The quantitative estimate of drug-likeness (QED) is 0.475. The minimum atomic E-state index is -3.19. The molecule has 6 nitrogen and oxygen atoms in total. The van der Waals surface area contributed by atoms with Crippen molar-refractivity contribution in [1.82, 2.24) is 5.32 Å². The zero-order valence-electron chi connectivity index (χ0n) is 12.9. The number of hydrogen-bond acceptors (Lipinski definition) is 4. The zero-order chi connectivity index (χ0) is 18.5. The van der Waals surface area contributed by atoms with Crippen LogP contribution in [0.3, 0.4) is 0 Å². The molecule has 0 saturated heterocycles. The van der Waals surface area contributed by atoms with Crippen molar-refractivity contribution in [3.63, 3.8) is 0 Å². The SMILES string of the molecule is CC1(C)S[C@@](O)(F)[C@@](C)(c2cc(Br)ccc2F)[N+]([O-])=C1NC(=O)O. The van der Waals surface area contributed by atoms with E-state index in [-0.39, 0.29) is 4.74 Å². The molecule has 0 spiro atoms. The van der Waals surface area contributed by atoms with Crippen LogP contribution in [-0.2, 0) is 5.54 Å². The van der Waals surface area contributed by atoms with Gasteiger partial charge in [0, 0.05) is 10.0 Å². The molecule has 0 aliphatic carbocycles. The molecule has 1 aromatic rings. The molecule has 1 heterocycles. The summed E-state index contributed by atoms with van der Waals surface area (Å²) in [5, 5.41) is 30.8. The lowest BCUT2D eigenvalue weighted by Crippen LogP contribution is -2.64. The summed E-state index contributed by atoms with van der Waals surface area (Å²) in [6.45, 7) is 3.75. The summed E-state index contributed by atoms with van der Waals surface area (Å²) in [6, 6.07) is 3.54. The highest BCUT2D eigenvalue weighted by Crippen LogP contribution is 2.53. The number of hydrogen-bond donors (Lipinski definition) is 3. The highest BCUT2D eigenvalue weighted by atomic mass is 79.9. The monoisotopic (exact) mass is 424 g/mol. The Bertz CT molecular complexity index is 741. The number of aliphatic hydroxyl groups is 1. The normalized spacial score (nSPS) is 29.5. The first-order chi connectivity index (χ1) is 10.8. The van der Waals surface area contributed by atoms with Crippen LogP contribution in [-0.4, -0.2) is 36.8 Å². The van der Waals surface area contributed by atoms with E-state index in [0.29, 0.717) is 16.2 Å². The van der Waals surface area contributed by atoms with Crippen molar-refractivity contribution in [3.05, 3.63) is 39.3 Å². The molecule has 10 heteroatoms. The Morgan fingerprint density at radius 2 is 2.00 bits per heavy atom. The number of nitrogens with one attached hydrogen (secondary N) is 1. The maximum atomic E-state index is 15.1. The first kappa shape index (κ1) is 18.9. The Balaban J connectivity index is 2.82. The lowest BCUT2D eigenvalue weighted by Gasteiger charge is -2.48. The molecule has 24 heavy (non-hydrogen) atoms.